The molecule has 1 aromatic heterocycles. The monoisotopic (exact) mass is 360 g/mol. The first-order valence-electron chi connectivity index (χ1n) is 8.33. The Labute approximate surface area is 152 Å². The molecule has 0 aliphatic rings. The van der Waals surface area contributed by atoms with Crippen LogP contribution < -0.4 is 5.32 Å². The number of nitrogens with zero attached hydrogens (tertiary/aromatic N) is 1. The molecule has 25 heavy (non-hydrogen) atoms. The molecule has 2 amide bonds. The Morgan fingerprint density at radius 3 is 2.68 bits per heavy atom. The number of thioether (sulfide) groups is 1. The van der Waals surface area contributed by atoms with Crippen LogP contribution in [0.2, 0.25) is 0 Å². The van der Waals surface area contributed by atoms with Gasteiger partial charge < -0.3 is 14.6 Å². The molecule has 0 bridgehead atoms. The van der Waals surface area contributed by atoms with Gasteiger partial charge in [-0.25, -0.2) is 0 Å². The highest BCUT2D eigenvalue weighted by Gasteiger charge is 2.17. The lowest BCUT2D eigenvalue weighted by Crippen LogP contribution is -2.39. The largest absolute Gasteiger partial charge is 0.468 e. The van der Waals surface area contributed by atoms with Gasteiger partial charge in [-0.15, -0.1) is 11.8 Å². The number of furan rings is 1. The summed E-state index contributed by atoms with van der Waals surface area (Å²) in [5, 5.41) is 2.88. The average Bonchev–Trinajstić information content (AvgIpc) is 3.10. The minimum atomic E-state index is -0.174. The van der Waals surface area contributed by atoms with Gasteiger partial charge in [0.1, 0.15) is 5.76 Å². The number of nitrogens with one attached hydrogen (secondary N) is 1. The van der Waals surface area contributed by atoms with E-state index in [-0.39, 0.29) is 18.4 Å². The van der Waals surface area contributed by atoms with Gasteiger partial charge in [-0.05, 0) is 37.1 Å². The van der Waals surface area contributed by atoms with Crippen LogP contribution >= 0.6 is 11.8 Å². The molecule has 2 aromatic rings. The number of rotatable bonds is 9. The number of aryl methyl sites for hydroxylation is 1. The van der Waals surface area contributed by atoms with E-state index in [0.29, 0.717) is 18.1 Å². The number of hydrogen-bond acceptors (Lipinski definition) is 4. The third-order valence-electron chi connectivity index (χ3n) is 3.65. The van der Waals surface area contributed by atoms with Gasteiger partial charge in [0.15, 0.2) is 0 Å². The zero-order chi connectivity index (χ0) is 18.1. The van der Waals surface area contributed by atoms with E-state index in [4.69, 9.17) is 4.42 Å². The molecule has 134 valence electrons. The second-order valence-electron chi connectivity index (χ2n) is 5.75. The second kappa shape index (κ2) is 9.93. The molecule has 0 spiro atoms. The van der Waals surface area contributed by atoms with Crippen molar-refractivity contribution in [3.63, 3.8) is 0 Å². The Kier molecular flexibility index (Phi) is 7.60. The smallest absolute Gasteiger partial charge is 0.244 e. The fourth-order valence-corrected chi connectivity index (χ4v) is 3.19. The van der Waals surface area contributed by atoms with Crippen molar-refractivity contribution < 1.29 is 14.0 Å². The summed E-state index contributed by atoms with van der Waals surface area (Å²) in [7, 11) is 0. The molecule has 0 aliphatic carbocycles. The highest BCUT2D eigenvalue weighted by Crippen LogP contribution is 2.15. The van der Waals surface area contributed by atoms with Crippen LogP contribution in [0.25, 0.3) is 0 Å². The summed E-state index contributed by atoms with van der Waals surface area (Å²) in [6.07, 6.45) is 2.43. The molecule has 0 atom stereocenters. The van der Waals surface area contributed by atoms with E-state index < -0.39 is 0 Å². The van der Waals surface area contributed by atoms with Crippen LogP contribution in [-0.2, 0) is 15.3 Å². The fraction of sp³-hybridized carbons (Fsp3) is 0.368. The summed E-state index contributed by atoms with van der Waals surface area (Å²) in [5.74, 6) is 1.62. The minimum Gasteiger partial charge on any atom is -0.468 e. The van der Waals surface area contributed by atoms with Crippen LogP contribution in [0.4, 0.5) is 5.69 Å². The second-order valence-corrected chi connectivity index (χ2v) is 6.74. The third kappa shape index (κ3) is 6.31. The molecule has 0 saturated heterocycles. The van der Waals surface area contributed by atoms with Crippen LogP contribution in [0.3, 0.4) is 0 Å². The summed E-state index contributed by atoms with van der Waals surface area (Å²) < 4.78 is 5.26. The van der Waals surface area contributed by atoms with Gasteiger partial charge in [0.2, 0.25) is 11.8 Å². The number of para-hydroxylation sites is 1. The number of hydrogen-bond donors (Lipinski definition) is 1. The summed E-state index contributed by atoms with van der Waals surface area (Å²) in [4.78, 5) is 26.3. The van der Waals surface area contributed by atoms with E-state index in [1.807, 2.05) is 50.2 Å². The van der Waals surface area contributed by atoms with Crippen LogP contribution in [0, 0.1) is 6.92 Å². The predicted octanol–water partition coefficient (Wildman–Crippen LogP) is 3.70. The van der Waals surface area contributed by atoms with E-state index in [9.17, 15) is 9.59 Å². The van der Waals surface area contributed by atoms with Crippen molar-refractivity contribution in [2.24, 2.45) is 0 Å². The molecular weight excluding hydrogens is 336 g/mol. The molecule has 2 rings (SSSR count). The Bertz CT molecular complexity index is 686. The van der Waals surface area contributed by atoms with E-state index in [1.54, 1.807) is 11.2 Å². The van der Waals surface area contributed by atoms with E-state index in [0.717, 1.165) is 23.4 Å². The van der Waals surface area contributed by atoms with Gasteiger partial charge in [0, 0.05) is 12.2 Å². The lowest BCUT2D eigenvalue weighted by Gasteiger charge is -2.21. The van der Waals surface area contributed by atoms with Crippen LogP contribution in [0.5, 0.6) is 0 Å². The molecule has 0 aliphatic heterocycles. The van der Waals surface area contributed by atoms with Crippen molar-refractivity contribution >= 4 is 29.3 Å². The molecule has 0 unspecified atom stereocenters. The quantitative estimate of drug-likeness (QED) is 0.741. The summed E-state index contributed by atoms with van der Waals surface area (Å²) in [5.41, 5.74) is 1.78. The molecule has 6 heteroatoms. The van der Waals surface area contributed by atoms with Crippen LogP contribution in [0.15, 0.2) is 47.1 Å². The lowest BCUT2D eigenvalue weighted by molar-refractivity contribution is -0.132. The zero-order valence-corrected chi connectivity index (χ0v) is 15.5. The van der Waals surface area contributed by atoms with Gasteiger partial charge in [-0.1, -0.05) is 25.1 Å². The van der Waals surface area contributed by atoms with Gasteiger partial charge in [0.25, 0.3) is 0 Å². The lowest BCUT2D eigenvalue weighted by atomic mass is 10.2. The topological polar surface area (TPSA) is 62.6 Å². The molecule has 1 heterocycles. The van der Waals surface area contributed by atoms with Crippen molar-refractivity contribution in [3.8, 4) is 0 Å². The number of carbonyl (C=O) groups is 2. The molecule has 1 N–H and O–H groups in total. The van der Waals surface area contributed by atoms with Crippen molar-refractivity contribution in [1.82, 2.24) is 4.90 Å². The van der Waals surface area contributed by atoms with Crippen LogP contribution in [0.1, 0.15) is 24.7 Å². The average molecular weight is 360 g/mol. The van der Waals surface area contributed by atoms with Crippen molar-refractivity contribution in [3.05, 3.63) is 54.0 Å². The maximum atomic E-state index is 12.4. The van der Waals surface area contributed by atoms with Crippen molar-refractivity contribution in [2.45, 2.75) is 26.0 Å². The predicted molar refractivity (Wildman–Crippen MR) is 102 cm³/mol. The zero-order valence-electron chi connectivity index (χ0n) is 14.7. The SMILES string of the molecule is CCCN(CC(=O)Nc1ccccc1C)C(=O)CSCc1ccco1. The van der Waals surface area contributed by atoms with Gasteiger partial charge >= 0.3 is 0 Å². The number of anilines is 1. The normalized spacial score (nSPS) is 10.5. The summed E-state index contributed by atoms with van der Waals surface area (Å²) in [6, 6.07) is 11.3. The fourth-order valence-electron chi connectivity index (χ4n) is 2.36. The Morgan fingerprint density at radius 1 is 1.20 bits per heavy atom. The van der Waals surface area contributed by atoms with Crippen molar-refractivity contribution in [1.29, 1.82) is 0 Å². The van der Waals surface area contributed by atoms with Gasteiger partial charge in [-0.3, -0.25) is 9.59 Å². The first kappa shape index (κ1) is 19.1. The van der Waals surface area contributed by atoms with Gasteiger partial charge in [-0.2, -0.15) is 0 Å². The third-order valence-corrected chi connectivity index (χ3v) is 4.59. The molecule has 1 aromatic carbocycles. The maximum Gasteiger partial charge on any atom is 0.244 e. The van der Waals surface area contributed by atoms with E-state index >= 15 is 0 Å². The maximum absolute atomic E-state index is 12.4. The molecule has 5 nitrogen and oxygen atoms in total. The van der Waals surface area contributed by atoms with Crippen molar-refractivity contribution in [2.75, 3.05) is 24.2 Å². The Hall–Kier alpha value is -2.21. The molecular formula is C19H24N2O3S. The Morgan fingerprint density at radius 2 is 2.00 bits per heavy atom. The number of benzene rings is 1. The Balaban J connectivity index is 1.84. The highest BCUT2D eigenvalue weighted by molar-refractivity contribution is 7.99. The summed E-state index contributed by atoms with van der Waals surface area (Å²) in [6.45, 7) is 4.58. The van der Waals surface area contributed by atoms with E-state index in [1.165, 1.54) is 11.8 Å². The van der Waals surface area contributed by atoms with E-state index in [2.05, 4.69) is 5.32 Å². The van der Waals surface area contributed by atoms with Gasteiger partial charge in [0.05, 0.1) is 24.3 Å². The van der Waals surface area contributed by atoms with Crippen LogP contribution in [-0.4, -0.2) is 35.6 Å². The first-order valence-corrected chi connectivity index (χ1v) is 9.49. The number of carbonyl (C=O) groups excluding carboxylic acids is 2. The molecule has 0 fully saturated rings. The minimum absolute atomic E-state index is 0.0293. The number of amides is 2. The first-order chi connectivity index (χ1) is 12.1. The summed E-state index contributed by atoms with van der Waals surface area (Å²) >= 11 is 1.49. The highest BCUT2D eigenvalue weighted by atomic mass is 32.2. The molecule has 0 radical (unpaired) electrons. The molecule has 0 saturated carbocycles. The standard InChI is InChI=1S/C19H24N2O3S/c1-3-10-21(19(23)14-25-13-16-8-6-11-24-16)12-18(22)20-17-9-5-4-7-15(17)2/h4-9,11H,3,10,12-14H2,1-2H3,(H,20,22).